The first-order valence-electron chi connectivity index (χ1n) is 8.64. The second-order valence-corrected chi connectivity index (χ2v) is 7.74. The number of aromatic nitrogens is 2. The van der Waals surface area contributed by atoms with Gasteiger partial charge in [0.15, 0.2) is 0 Å². The summed E-state index contributed by atoms with van der Waals surface area (Å²) in [6.45, 7) is 6.95. The van der Waals surface area contributed by atoms with Crippen LogP contribution in [0.4, 0.5) is 0 Å². The third kappa shape index (κ3) is 1.07. The number of hydrogen-bond acceptors (Lipinski definition) is 0. The zero-order valence-electron chi connectivity index (χ0n) is 14.2. The Balaban J connectivity index is 2.04. The van der Waals surface area contributed by atoms with Crippen LogP contribution < -0.4 is 4.57 Å². The fourth-order valence-corrected chi connectivity index (χ4v) is 5.10. The molecule has 0 fully saturated rings. The second kappa shape index (κ2) is 3.56. The van der Waals surface area contributed by atoms with E-state index in [1.165, 1.54) is 38.4 Å². The minimum absolute atomic E-state index is 0.0133. The van der Waals surface area contributed by atoms with Crippen molar-refractivity contribution in [3.8, 4) is 0 Å². The lowest BCUT2D eigenvalue weighted by molar-refractivity contribution is -0.738. The molecule has 3 heterocycles. The van der Waals surface area contributed by atoms with Crippen molar-refractivity contribution < 1.29 is 4.57 Å². The molecular weight excluding hydrogens is 292 g/mol. The highest BCUT2D eigenvalue weighted by Gasteiger charge is 2.58. The molecule has 2 atom stereocenters. The van der Waals surface area contributed by atoms with Gasteiger partial charge in [-0.25, -0.2) is 4.57 Å². The van der Waals surface area contributed by atoms with Gasteiger partial charge in [-0.15, -0.1) is 0 Å². The molecule has 2 heteroatoms. The van der Waals surface area contributed by atoms with Crippen LogP contribution >= 0.6 is 0 Å². The van der Waals surface area contributed by atoms with Crippen LogP contribution in [0.2, 0.25) is 0 Å². The highest BCUT2D eigenvalue weighted by Crippen LogP contribution is 2.53. The number of para-hydroxylation sites is 1. The summed E-state index contributed by atoms with van der Waals surface area (Å²) in [5.74, 6) is 0. The summed E-state index contributed by atoms with van der Waals surface area (Å²) >= 11 is 0. The number of rotatable bonds is 0. The number of hydrogen-bond donors (Lipinski definition) is 0. The normalized spacial score (nSPS) is 27.1. The number of benzene rings is 2. The summed E-state index contributed by atoms with van der Waals surface area (Å²) in [6, 6.07) is 13.5. The molecule has 2 unspecified atom stereocenters. The van der Waals surface area contributed by atoms with E-state index >= 15 is 0 Å². The van der Waals surface area contributed by atoms with E-state index in [-0.39, 0.29) is 11.0 Å². The summed E-state index contributed by atoms with van der Waals surface area (Å²) in [4.78, 5) is 0. The van der Waals surface area contributed by atoms with Gasteiger partial charge in [0.25, 0.3) is 5.65 Å². The van der Waals surface area contributed by atoms with Crippen molar-refractivity contribution in [1.29, 1.82) is 0 Å². The van der Waals surface area contributed by atoms with Crippen molar-refractivity contribution in [3.63, 3.8) is 0 Å². The largest absolute Gasteiger partial charge is 0.295 e. The first-order valence-corrected chi connectivity index (χ1v) is 8.64. The van der Waals surface area contributed by atoms with Gasteiger partial charge in [-0.05, 0) is 38.0 Å². The molecule has 2 aromatic carbocycles. The van der Waals surface area contributed by atoms with E-state index in [1.54, 1.807) is 0 Å². The van der Waals surface area contributed by atoms with Gasteiger partial charge in [-0.3, -0.25) is 0 Å². The van der Waals surface area contributed by atoms with E-state index in [1.807, 2.05) is 0 Å². The standard InChI is InChI=1S/C22H19N2/c1-14-6-4-8-16-15-7-5-9-17-18(15)20-23(19(14)16)12-13-24(20)22(3)11-10-21(17,22)2/h4-13H,1-3H3/q+1. The van der Waals surface area contributed by atoms with E-state index < -0.39 is 0 Å². The number of nitrogens with zero attached hydrogens (tertiary/aromatic N) is 2. The Bertz CT molecular complexity index is 1240. The monoisotopic (exact) mass is 311 g/mol. The maximum atomic E-state index is 2.48. The average molecular weight is 311 g/mol. The molecule has 0 amide bonds. The van der Waals surface area contributed by atoms with Crippen LogP contribution in [0.3, 0.4) is 0 Å². The SMILES string of the molecule is Cc1cccc2c3cccc4c3c3n(cc[n+]3C3(C)C=CC43C)c12. The number of allylic oxidation sites excluding steroid dienone is 2. The molecule has 0 saturated heterocycles. The topological polar surface area (TPSA) is 8.29 Å². The van der Waals surface area contributed by atoms with Crippen molar-refractivity contribution >= 4 is 27.3 Å². The smallest absolute Gasteiger partial charge is 0.220 e. The van der Waals surface area contributed by atoms with Crippen LogP contribution in [0, 0.1) is 6.92 Å². The average Bonchev–Trinajstić information content (AvgIpc) is 3.03. The number of imidazole rings is 1. The van der Waals surface area contributed by atoms with Crippen LogP contribution in [0.5, 0.6) is 0 Å². The number of pyridine rings is 1. The van der Waals surface area contributed by atoms with Crippen molar-refractivity contribution in [2.24, 2.45) is 0 Å². The fourth-order valence-electron chi connectivity index (χ4n) is 5.10. The van der Waals surface area contributed by atoms with Gasteiger partial charge in [0.2, 0.25) is 0 Å². The molecule has 6 rings (SSSR count). The van der Waals surface area contributed by atoms with Gasteiger partial charge in [0.1, 0.15) is 23.4 Å². The molecular formula is C22H19N2+. The number of aryl methyl sites for hydroxylation is 1. The van der Waals surface area contributed by atoms with E-state index in [0.29, 0.717) is 0 Å². The predicted octanol–water partition coefficient (Wildman–Crippen LogP) is 4.40. The Labute approximate surface area is 140 Å². The summed E-state index contributed by atoms with van der Waals surface area (Å²) < 4.78 is 4.88. The van der Waals surface area contributed by atoms with Gasteiger partial charge in [0.05, 0.1) is 10.8 Å². The first-order chi connectivity index (χ1) is 11.6. The lowest BCUT2D eigenvalue weighted by Gasteiger charge is -2.49. The quantitative estimate of drug-likeness (QED) is 0.258. The van der Waals surface area contributed by atoms with Gasteiger partial charge >= 0.3 is 0 Å². The molecule has 0 spiro atoms. The molecule has 1 aliphatic heterocycles. The van der Waals surface area contributed by atoms with E-state index in [4.69, 9.17) is 0 Å². The lowest BCUT2D eigenvalue weighted by atomic mass is 9.57. The lowest BCUT2D eigenvalue weighted by Crippen LogP contribution is -2.68. The first kappa shape index (κ1) is 12.8. The molecule has 2 aromatic heterocycles. The summed E-state index contributed by atoms with van der Waals surface area (Å²) in [6.07, 6.45) is 9.24. The Morgan fingerprint density at radius 3 is 2.54 bits per heavy atom. The van der Waals surface area contributed by atoms with Crippen LogP contribution in [0.25, 0.3) is 27.3 Å². The van der Waals surface area contributed by atoms with E-state index in [2.05, 4.69) is 90.7 Å². The minimum atomic E-state index is 0.0133. The van der Waals surface area contributed by atoms with Gasteiger partial charge in [-0.2, -0.15) is 4.40 Å². The summed E-state index contributed by atoms with van der Waals surface area (Å²) in [5, 5.41) is 4.12. The fraction of sp³-hybridized carbons (Fsp3) is 0.227. The third-order valence-corrected chi connectivity index (χ3v) is 6.73. The second-order valence-electron chi connectivity index (χ2n) is 7.74. The zero-order chi connectivity index (χ0) is 16.3. The molecule has 0 bridgehead atoms. The Morgan fingerprint density at radius 1 is 0.958 bits per heavy atom. The summed E-state index contributed by atoms with van der Waals surface area (Å²) in [5.41, 5.74) is 5.50. The zero-order valence-corrected chi connectivity index (χ0v) is 14.2. The maximum absolute atomic E-state index is 2.48. The highest BCUT2D eigenvalue weighted by molar-refractivity contribution is 6.13. The van der Waals surface area contributed by atoms with Crippen LogP contribution in [-0.4, -0.2) is 4.40 Å². The molecule has 4 aromatic rings. The van der Waals surface area contributed by atoms with Crippen molar-refractivity contribution in [2.75, 3.05) is 0 Å². The molecule has 24 heavy (non-hydrogen) atoms. The molecule has 1 aliphatic carbocycles. The predicted molar refractivity (Wildman–Crippen MR) is 97.5 cm³/mol. The van der Waals surface area contributed by atoms with Crippen LogP contribution in [-0.2, 0) is 11.0 Å². The molecule has 0 saturated carbocycles. The Morgan fingerprint density at radius 2 is 1.75 bits per heavy atom. The molecule has 116 valence electrons. The summed E-state index contributed by atoms with van der Waals surface area (Å²) in [7, 11) is 0. The molecule has 2 aliphatic rings. The Hall–Kier alpha value is -2.61. The molecule has 0 radical (unpaired) electrons. The minimum Gasteiger partial charge on any atom is -0.220 e. The maximum Gasteiger partial charge on any atom is 0.295 e. The van der Waals surface area contributed by atoms with E-state index in [0.717, 1.165) is 0 Å². The van der Waals surface area contributed by atoms with Gasteiger partial charge < -0.3 is 0 Å². The van der Waals surface area contributed by atoms with Crippen molar-refractivity contribution in [3.05, 3.63) is 72.1 Å². The van der Waals surface area contributed by atoms with Crippen LogP contribution in [0.15, 0.2) is 60.9 Å². The Kier molecular flexibility index (Phi) is 1.90. The van der Waals surface area contributed by atoms with Gasteiger partial charge in [-0.1, -0.05) is 42.5 Å². The molecule has 2 nitrogen and oxygen atoms in total. The number of fused-ring (bicyclic) bond motifs is 6. The van der Waals surface area contributed by atoms with Crippen molar-refractivity contribution in [1.82, 2.24) is 4.40 Å². The third-order valence-electron chi connectivity index (χ3n) is 6.73. The molecule has 0 N–H and O–H groups in total. The van der Waals surface area contributed by atoms with Gasteiger partial charge in [0, 0.05) is 10.8 Å². The highest BCUT2D eigenvalue weighted by atomic mass is 15.2. The van der Waals surface area contributed by atoms with Crippen molar-refractivity contribution in [2.45, 2.75) is 31.7 Å². The van der Waals surface area contributed by atoms with Crippen LogP contribution in [0.1, 0.15) is 25.0 Å². The van der Waals surface area contributed by atoms with E-state index in [9.17, 15) is 0 Å².